The molecular formula is C15H25N7OS. The van der Waals surface area contributed by atoms with Crippen LogP contribution in [0.4, 0.5) is 11.6 Å². The summed E-state index contributed by atoms with van der Waals surface area (Å²) in [5, 5.41) is 12.4. The summed E-state index contributed by atoms with van der Waals surface area (Å²) in [4.78, 5) is 19.3. The first-order valence-electron chi connectivity index (χ1n) is 7.93. The van der Waals surface area contributed by atoms with E-state index in [4.69, 9.17) is 17.3 Å². The monoisotopic (exact) mass is 351 g/mol. The lowest BCUT2D eigenvalue weighted by molar-refractivity contribution is 0.188. The molecule has 0 aromatic carbocycles. The van der Waals surface area contributed by atoms with Crippen LogP contribution >= 0.6 is 12.2 Å². The van der Waals surface area contributed by atoms with Crippen molar-refractivity contribution in [3.63, 3.8) is 0 Å². The summed E-state index contributed by atoms with van der Waals surface area (Å²) in [6.45, 7) is 6.37. The maximum atomic E-state index is 9.03. The van der Waals surface area contributed by atoms with Crippen LogP contribution in [0.15, 0.2) is 11.1 Å². The highest BCUT2D eigenvalue weighted by Crippen LogP contribution is 2.18. The summed E-state index contributed by atoms with van der Waals surface area (Å²) in [5.41, 5.74) is 0. The van der Waals surface area contributed by atoms with Crippen LogP contribution in [0.3, 0.4) is 0 Å². The van der Waals surface area contributed by atoms with E-state index in [9.17, 15) is 0 Å². The van der Waals surface area contributed by atoms with Crippen LogP contribution in [0.1, 0.15) is 5.82 Å². The fourth-order valence-electron chi connectivity index (χ4n) is 2.43. The number of β-amino-alcohol motifs (C(OH)–C–C–N with tert-alkyl or cyclic N) is 1. The molecule has 8 nitrogen and oxygen atoms in total. The molecule has 1 aliphatic rings. The Morgan fingerprint density at radius 1 is 1.38 bits per heavy atom. The standard InChI is InChI=1S/C15H25N7OS/c1-12-17-13(19-15(24)16-11-20(2)3)10-14(18-12)22-6-4-21(5-7-22)8-9-23/h10-11,23H,4-9H2,1-3H3,(H,17,18,19,24)/b16-11+. The van der Waals surface area contributed by atoms with Crippen molar-refractivity contribution in [2.24, 2.45) is 4.99 Å². The van der Waals surface area contributed by atoms with Crippen LogP contribution < -0.4 is 10.2 Å². The Morgan fingerprint density at radius 3 is 2.71 bits per heavy atom. The van der Waals surface area contributed by atoms with E-state index in [0.717, 1.165) is 38.5 Å². The van der Waals surface area contributed by atoms with E-state index in [0.29, 0.717) is 16.8 Å². The number of aromatic nitrogens is 2. The molecule has 1 fully saturated rings. The lowest BCUT2D eigenvalue weighted by atomic mass is 10.3. The molecule has 0 saturated carbocycles. The molecule has 1 aliphatic heterocycles. The summed E-state index contributed by atoms with van der Waals surface area (Å²) >= 11 is 5.20. The van der Waals surface area contributed by atoms with Crippen molar-refractivity contribution in [1.29, 1.82) is 0 Å². The number of nitrogens with one attached hydrogen (secondary N) is 1. The molecule has 9 heteroatoms. The number of aryl methyl sites for hydroxylation is 1. The molecule has 24 heavy (non-hydrogen) atoms. The van der Waals surface area contributed by atoms with Crippen LogP contribution in [0.25, 0.3) is 0 Å². The normalized spacial score (nSPS) is 15.8. The van der Waals surface area contributed by atoms with Crippen LogP contribution in [0.5, 0.6) is 0 Å². The number of hydrogen-bond acceptors (Lipinski definition) is 6. The second kappa shape index (κ2) is 8.86. The van der Waals surface area contributed by atoms with Crippen LogP contribution in [-0.2, 0) is 0 Å². The van der Waals surface area contributed by atoms with Gasteiger partial charge in [-0.05, 0) is 19.1 Å². The van der Waals surface area contributed by atoms with E-state index in [-0.39, 0.29) is 6.61 Å². The van der Waals surface area contributed by atoms with Crippen LogP contribution in [0.2, 0.25) is 0 Å². The molecule has 1 aromatic heterocycles. The molecule has 1 saturated heterocycles. The molecule has 1 aromatic rings. The topological polar surface area (TPSA) is 80.1 Å². The van der Waals surface area contributed by atoms with E-state index < -0.39 is 0 Å². The summed E-state index contributed by atoms with van der Waals surface area (Å²) in [5.74, 6) is 2.22. The van der Waals surface area contributed by atoms with Crippen molar-refractivity contribution in [2.45, 2.75) is 6.92 Å². The third-order valence-electron chi connectivity index (χ3n) is 3.58. The largest absolute Gasteiger partial charge is 0.395 e. The zero-order chi connectivity index (χ0) is 17.5. The second-order valence-corrected chi connectivity index (χ2v) is 6.24. The van der Waals surface area contributed by atoms with E-state index in [1.807, 2.05) is 32.0 Å². The van der Waals surface area contributed by atoms with Gasteiger partial charge in [-0.3, -0.25) is 4.90 Å². The Morgan fingerprint density at radius 2 is 2.08 bits per heavy atom. The number of anilines is 2. The summed E-state index contributed by atoms with van der Waals surface area (Å²) in [7, 11) is 3.77. The van der Waals surface area contributed by atoms with Crippen molar-refractivity contribution in [3.05, 3.63) is 11.9 Å². The predicted octanol–water partition coefficient (Wildman–Crippen LogP) is 0.186. The van der Waals surface area contributed by atoms with Gasteiger partial charge in [0.05, 0.1) is 12.9 Å². The predicted molar refractivity (Wildman–Crippen MR) is 101 cm³/mol. The number of thiocarbonyl (C=S) groups is 1. The third-order valence-corrected chi connectivity index (χ3v) is 3.79. The highest BCUT2D eigenvalue weighted by molar-refractivity contribution is 7.80. The Labute approximate surface area is 148 Å². The van der Waals surface area contributed by atoms with E-state index in [1.165, 1.54) is 0 Å². The lowest BCUT2D eigenvalue weighted by Gasteiger charge is -2.35. The van der Waals surface area contributed by atoms with Crippen LogP contribution in [0, 0.1) is 6.92 Å². The van der Waals surface area contributed by atoms with Crippen molar-refractivity contribution in [2.75, 3.05) is 63.6 Å². The molecule has 0 spiro atoms. The van der Waals surface area contributed by atoms with Gasteiger partial charge in [-0.2, -0.15) is 0 Å². The number of nitrogens with zero attached hydrogens (tertiary/aromatic N) is 6. The molecule has 132 valence electrons. The molecule has 0 radical (unpaired) electrons. The fraction of sp³-hybridized carbons (Fsp3) is 0.600. The van der Waals surface area contributed by atoms with Crippen LogP contribution in [-0.4, -0.2) is 89.8 Å². The fourth-order valence-corrected chi connectivity index (χ4v) is 2.58. The highest BCUT2D eigenvalue weighted by atomic mass is 32.1. The quantitative estimate of drug-likeness (QED) is 0.442. The summed E-state index contributed by atoms with van der Waals surface area (Å²) < 4.78 is 0. The van der Waals surface area contributed by atoms with Gasteiger partial charge in [0.2, 0.25) is 0 Å². The Bertz CT molecular complexity index is 585. The summed E-state index contributed by atoms with van der Waals surface area (Å²) in [6, 6.07) is 1.90. The first-order chi connectivity index (χ1) is 11.5. The molecule has 0 atom stereocenters. The minimum atomic E-state index is 0.200. The SMILES string of the molecule is Cc1nc(NC(=S)/N=C/N(C)C)cc(N2CCN(CCO)CC2)n1. The van der Waals surface area contributed by atoms with Crippen molar-refractivity contribution < 1.29 is 5.11 Å². The van der Waals surface area contributed by atoms with E-state index in [1.54, 1.807) is 6.34 Å². The number of hydrogen-bond donors (Lipinski definition) is 2. The molecule has 0 bridgehead atoms. The van der Waals surface area contributed by atoms with Gasteiger partial charge < -0.3 is 20.2 Å². The molecule has 2 rings (SSSR count). The number of piperazine rings is 1. The maximum absolute atomic E-state index is 9.03. The first kappa shape index (κ1) is 18.5. The highest BCUT2D eigenvalue weighted by Gasteiger charge is 2.18. The van der Waals surface area contributed by atoms with Crippen molar-refractivity contribution >= 4 is 35.3 Å². The molecule has 0 amide bonds. The van der Waals surface area contributed by atoms with E-state index in [2.05, 4.69) is 30.1 Å². The van der Waals surface area contributed by atoms with Gasteiger partial charge in [-0.1, -0.05) is 0 Å². The number of aliphatic hydroxyl groups is 1. The zero-order valence-corrected chi connectivity index (χ0v) is 15.3. The first-order valence-corrected chi connectivity index (χ1v) is 8.34. The lowest BCUT2D eigenvalue weighted by Crippen LogP contribution is -2.47. The number of aliphatic imine (C=N–C) groups is 1. The smallest absolute Gasteiger partial charge is 0.199 e. The Kier molecular flexibility index (Phi) is 6.83. The minimum absolute atomic E-state index is 0.200. The van der Waals surface area contributed by atoms with Gasteiger partial charge in [-0.15, -0.1) is 0 Å². The third kappa shape index (κ3) is 5.66. The number of aliphatic hydroxyl groups excluding tert-OH is 1. The van der Waals surface area contributed by atoms with Gasteiger partial charge in [0.15, 0.2) is 5.11 Å². The van der Waals surface area contributed by atoms with E-state index >= 15 is 0 Å². The molecule has 2 N–H and O–H groups in total. The minimum Gasteiger partial charge on any atom is -0.395 e. The Balaban J connectivity index is 2.02. The molecule has 0 unspecified atom stereocenters. The van der Waals surface area contributed by atoms with Gasteiger partial charge in [0.1, 0.15) is 17.5 Å². The maximum Gasteiger partial charge on any atom is 0.199 e. The van der Waals surface area contributed by atoms with Gasteiger partial charge in [0.25, 0.3) is 0 Å². The number of rotatable bonds is 5. The molecular weight excluding hydrogens is 326 g/mol. The van der Waals surface area contributed by atoms with Crippen molar-refractivity contribution in [1.82, 2.24) is 19.8 Å². The average molecular weight is 351 g/mol. The Hall–Kier alpha value is -1.84. The molecule has 2 heterocycles. The second-order valence-electron chi connectivity index (χ2n) is 5.85. The zero-order valence-electron chi connectivity index (χ0n) is 14.4. The summed E-state index contributed by atoms with van der Waals surface area (Å²) in [6.07, 6.45) is 1.64. The van der Waals surface area contributed by atoms with Gasteiger partial charge in [0, 0.05) is 52.9 Å². The van der Waals surface area contributed by atoms with Gasteiger partial charge >= 0.3 is 0 Å². The molecule has 0 aliphatic carbocycles. The van der Waals surface area contributed by atoms with Crippen molar-refractivity contribution in [3.8, 4) is 0 Å². The average Bonchev–Trinajstić information content (AvgIpc) is 2.53. The van der Waals surface area contributed by atoms with Gasteiger partial charge in [-0.25, -0.2) is 15.0 Å².